The third-order valence-corrected chi connectivity index (χ3v) is 7.71. The molecule has 2 fully saturated rings. The summed E-state index contributed by atoms with van der Waals surface area (Å²) >= 11 is 7.84. The van der Waals surface area contributed by atoms with Crippen LogP contribution in [0.1, 0.15) is 49.9 Å². The molecule has 1 saturated heterocycles. The van der Waals surface area contributed by atoms with Crippen LogP contribution in [0, 0.1) is 11.8 Å². The zero-order valence-corrected chi connectivity index (χ0v) is 20.2. The number of benzene rings is 1. The van der Waals surface area contributed by atoms with Crippen LogP contribution in [0.25, 0.3) is 0 Å². The van der Waals surface area contributed by atoms with Gasteiger partial charge in [-0.3, -0.25) is 4.90 Å². The van der Waals surface area contributed by atoms with Crippen molar-refractivity contribution in [2.45, 2.75) is 55.7 Å². The van der Waals surface area contributed by atoms with Crippen LogP contribution in [-0.2, 0) is 19.0 Å². The molecule has 1 aliphatic carbocycles. The topological polar surface area (TPSA) is 82.1 Å². The van der Waals surface area contributed by atoms with Crippen molar-refractivity contribution in [3.63, 3.8) is 0 Å². The van der Waals surface area contributed by atoms with Crippen LogP contribution in [0.2, 0.25) is 5.02 Å². The summed E-state index contributed by atoms with van der Waals surface area (Å²) in [4.78, 5) is 39.5. The molecule has 1 aromatic rings. The maximum Gasteiger partial charge on any atom is 0.410 e. The molecule has 1 aromatic carbocycles. The monoisotopic (exact) mass is 483 g/mol. The van der Waals surface area contributed by atoms with Gasteiger partial charge in [0, 0.05) is 21.7 Å². The number of carbonyl (C=O) groups excluding carboxylic acids is 3. The van der Waals surface area contributed by atoms with Gasteiger partial charge in [-0.2, -0.15) is 0 Å². The summed E-state index contributed by atoms with van der Waals surface area (Å²) in [6.45, 7) is 4.60. The Hall–Kier alpha value is -1.93. The van der Waals surface area contributed by atoms with E-state index in [9.17, 15) is 14.4 Å². The molecule has 2 aliphatic rings. The van der Waals surface area contributed by atoms with E-state index in [0.29, 0.717) is 36.1 Å². The predicted molar refractivity (Wildman–Crippen MR) is 122 cm³/mol. The van der Waals surface area contributed by atoms with E-state index in [4.69, 9.17) is 25.8 Å². The summed E-state index contributed by atoms with van der Waals surface area (Å²) in [7, 11) is 1.33. The molecule has 1 saturated carbocycles. The van der Waals surface area contributed by atoms with E-state index in [-0.39, 0.29) is 29.7 Å². The first-order valence-corrected chi connectivity index (χ1v) is 12.3. The van der Waals surface area contributed by atoms with Crippen LogP contribution in [-0.4, -0.2) is 61.1 Å². The molecular formula is C23H30ClNO6S. The Morgan fingerprint density at radius 2 is 1.84 bits per heavy atom. The lowest BCUT2D eigenvalue weighted by Crippen LogP contribution is -2.55. The Labute approximate surface area is 198 Å². The molecular weight excluding hydrogens is 454 g/mol. The van der Waals surface area contributed by atoms with E-state index in [1.165, 1.54) is 12.0 Å². The lowest BCUT2D eigenvalue weighted by molar-refractivity contribution is -0.152. The van der Waals surface area contributed by atoms with Crippen molar-refractivity contribution in [3.8, 4) is 0 Å². The number of rotatable bonds is 6. The van der Waals surface area contributed by atoms with Gasteiger partial charge in [-0.1, -0.05) is 11.6 Å². The first-order chi connectivity index (χ1) is 15.4. The van der Waals surface area contributed by atoms with Gasteiger partial charge in [0.25, 0.3) is 0 Å². The van der Waals surface area contributed by atoms with Crippen molar-refractivity contribution in [2.24, 2.45) is 11.8 Å². The highest BCUT2D eigenvalue weighted by Gasteiger charge is 2.45. The molecule has 176 valence electrons. The number of hydrogen-bond acceptors (Lipinski definition) is 7. The second kappa shape index (κ2) is 11.3. The van der Waals surface area contributed by atoms with E-state index >= 15 is 0 Å². The first-order valence-electron chi connectivity index (χ1n) is 11.0. The number of fused-ring (bicyclic) bond motifs is 1. The van der Waals surface area contributed by atoms with Gasteiger partial charge in [-0.05, 0) is 69.6 Å². The van der Waals surface area contributed by atoms with Crippen molar-refractivity contribution < 1.29 is 28.6 Å². The SMILES string of the molecule is CCOC(=O)c1ccc(Cl)cc1S[C@H]1CC[C@H]2CN(C(=O)OC)[C@H](C(=O)OCC)C[C@H]2C1. The average molecular weight is 484 g/mol. The maximum absolute atomic E-state index is 12.6. The van der Waals surface area contributed by atoms with Crippen molar-refractivity contribution in [1.29, 1.82) is 0 Å². The number of esters is 2. The molecule has 7 nitrogen and oxygen atoms in total. The summed E-state index contributed by atoms with van der Waals surface area (Å²) < 4.78 is 15.3. The molecule has 0 spiro atoms. The molecule has 0 N–H and O–H groups in total. The molecule has 1 aliphatic heterocycles. The van der Waals surface area contributed by atoms with Crippen molar-refractivity contribution in [3.05, 3.63) is 28.8 Å². The average Bonchev–Trinajstić information content (AvgIpc) is 2.78. The van der Waals surface area contributed by atoms with Gasteiger partial charge >= 0.3 is 18.0 Å². The predicted octanol–water partition coefficient (Wildman–Crippen LogP) is 4.80. The van der Waals surface area contributed by atoms with Crippen LogP contribution in [0.3, 0.4) is 0 Å². The summed E-state index contributed by atoms with van der Waals surface area (Å²) in [5, 5.41) is 0.846. The zero-order valence-electron chi connectivity index (χ0n) is 18.7. The van der Waals surface area contributed by atoms with Gasteiger partial charge < -0.3 is 14.2 Å². The molecule has 1 amide bonds. The largest absolute Gasteiger partial charge is 0.464 e. The highest BCUT2D eigenvalue weighted by atomic mass is 35.5. The number of nitrogens with zero attached hydrogens (tertiary/aromatic N) is 1. The van der Waals surface area contributed by atoms with Gasteiger partial charge in [-0.25, -0.2) is 14.4 Å². The van der Waals surface area contributed by atoms with Gasteiger partial charge in [0.1, 0.15) is 6.04 Å². The quantitative estimate of drug-likeness (QED) is 0.424. The van der Waals surface area contributed by atoms with E-state index in [1.54, 1.807) is 37.7 Å². The molecule has 4 atom stereocenters. The fraction of sp³-hybridized carbons (Fsp3) is 0.609. The number of amides is 1. The molecule has 0 radical (unpaired) electrons. The highest BCUT2D eigenvalue weighted by molar-refractivity contribution is 8.00. The molecule has 0 aromatic heterocycles. The summed E-state index contributed by atoms with van der Waals surface area (Å²) in [6, 6.07) is 4.58. The molecule has 0 bridgehead atoms. The lowest BCUT2D eigenvalue weighted by atomic mass is 9.73. The Morgan fingerprint density at radius 1 is 1.09 bits per heavy atom. The van der Waals surface area contributed by atoms with E-state index < -0.39 is 12.1 Å². The lowest BCUT2D eigenvalue weighted by Gasteiger charge is -2.46. The fourth-order valence-electron chi connectivity index (χ4n) is 4.65. The standard InChI is InChI=1S/C23H30ClNO6S/c1-4-30-21(26)18-9-7-16(24)12-20(18)32-17-8-6-14-13-25(23(28)29-3)19(11-15(14)10-17)22(27)31-5-2/h7,9,12,14-15,17,19H,4-6,8,10-11,13H2,1-3H3/t14-,15+,17-,19-/m0/s1. The number of carbonyl (C=O) groups is 3. The minimum absolute atomic E-state index is 0.266. The van der Waals surface area contributed by atoms with Crippen molar-refractivity contribution in [1.82, 2.24) is 4.90 Å². The number of likely N-dealkylation sites (tertiary alicyclic amines) is 1. The normalized spacial score (nSPS) is 24.9. The number of halogens is 1. The Balaban J connectivity index is 1.74. The Morgan fingerprint density at radius 3 is 2.53 bits per heavy atom. The van der Waals surface area contributed by atoms with E-state index in [1.807, 2.05) is 6.07 Å². The number of ether oxygens (including phenoxy) is 3. The fourth-order valence-corrected chi connectivity index (χ4v) is 6.31. The Bertz CT molecular complexity index is 850. The zero-order chi connectivity index (χ0) is 23.3. The molecule has 1 heterocycles. The van der Waals surface area contributed by atoms with E-state index in [0.717, 1.165) is 24.2 Å². The number of thioether (sulfide) groups is 1. The third kappa shape index (κ3) is 5.70. The number of piperidine rings is 1. The summed E-state index contributed by atoms with van der Waals surface area (Å²) in [6.07, 6.45) is 2.82. The second-order valence-electron chi connectivity index (χ2n) is 8.06. The van der Waals surface area contributed by atoms with Crippen LogP contribution in [0.5, 0.6) is 0 Å². The molecule has 9 heteroatoms. The van der Waals surface area contributed by atoms with Crippen LogP contribution < -0.4 is 0 Å². The Kier molecular flexibility index (Phi) is 8.71. The second-order valence-corrected chi connectivity index (χ2v) is 9.84. The van der Waals surface area contributed by atoms with Gasteiger partial charge in [0.05, 0.1) is 25.9 Å². The van der Waals surface area contributed by atoms with Gasteiger partial charge in [-0.15, -0.1) is 11.8 Å². The van der Waals surface area contributed by atoms with E-state index in [2.05, 4.69) is 0 Å². The van der Waals surface area contributed by atoms with Gasteiger partial charge in [0.15, 0.2) is 0 Å². The smallest absolute Gasteiger partial charge is 0.410 e. The first kappa shape index (κ1) is 24.7. The summed E-state index contributed by atoms with van der Waals surface area (Å²) in [5.74, 6) is -0.151. The minimum atomic E-state index is -0.631. The number of methoxy groups -OCH3 is 1. The van der Waals surface area contributed by atoms with Crippen molar-refractivity contribution in [2.75, 3.05) is 26.9 Å². The molecule has 3 rings (SSSR count). The molecule has 0 unspecified atom stereocenters. The van der Waals surface area contributed by atoms with Crippen LogP contribution >= 0.6 is 23.4 Å². The van der Waals surface area contributed by atoms with Crippen LogP contribution in [0.15, 0.2) is 23.1 Å². The summed E-state index contributed by atoms with van der Waals surface area (Å²) in [5.41, 5.74) is 0.522. The maximum atomic E-state index is 12.6. The minimum Gasteiger partial charge on any atom is -0.464 e. The van der Waals surface area contributed by atoms with Crippen LogP contribution in [0.4, 0.5) is 4.79 Å². The van der Waals surface area contributed by atoms with Gasteiger partial charge in [0.2, 0.25) is 0 Å². The van der Waals surface area contributed by atoms with Crippen molar-refractivity contribution >= 4 is 41.4 Å². The highest BCUT2D eigenvalue weighted by Crippen LogP contribution is 2.45. The third-order valence-electron chi connectivity index (χ3n) is 6.13. The molecule has 32 heavy (non-hydrogen) atoms. The number of hydrogen-bond donors (Lipinski definition) is 0.